The van der Waals surface area contributed by atoms with Crippen molar-refractivity contribution >= 4 is 35.0 Å². The summed E-state index contributed by atoms with van der Waals surface area (Å²) in [5.74, 6) is 0.0269. The van der Waals surface area contributed by atoms with Crippen LogP contribution in [0.3, 0.4) is 0 Å². The van der Waals surface area contributed by atoms with Crippen LogP contribution in [0.1, 0.15) is 23.6 Å². The van der Waals surface area contributed by atoms with Crippen molar-refractivity contribution in [2.24, 2.45) is 0 Å². The number of benzene rings is 2. The van der Waals surface area contributed by atoms with E-state index in [4.69, 9.17) is 0 Å². The smallest absolute Gasteiger partial charge is 0.237 e. The molecule has 2 rings (SSSR count). The first-order chi connectivity index (χ1) is 11.9. The number of carbonyl (C=O) groups excluding carboxylic acids is 2. The van der Waals surface area contributed by atoms with Gasteiger partial charge < -0.3 is 10.6 Å². The molecule has 2 N–H and O–H groups in total. The van der Waals surface area contributed by atoms with Gasteiger partial charge in [0.2, 0.25) is 11.8 Å². The van der Waals surface area contributed by atoms with Crippen molar-refractivity contribution in [3.8, 4) is 0 Å². The third-order valence-electron chi connectivity index (χ3n) is 4.00. The fourth-order valence-electron chi connectivity index (χ4n) is 2.32. The van der Waals surface area contributed by atoms with Crippen molar-refractivity contribution in [2.45, 2.75) is 32.9 Å². The highest BCUT2D eigenvalue weighted by atomic mass is 32.2. The van der Waals surface area contributed by atoms with Gasteiger partial charge in [-0.3, -0.25) is 9.59 Å². The summed E-state index contributed by atoms with van der Waals surface area (Å²) in [6.07, 6.45) is 0. The van der Waals surface area contributed by atoms with E-state index in [1.807, 2.05) is 70.2 Å². The predicted octanol–water partition coefficient (Wildman–Crippen LogP) is 4.31. The summed E-state index contributed by atoms with van der Waals surface area (Å²) in [7, 11) is 0. The third-order valence-corrected chi connectivity index (χ3v) is 5.14. The summed E-state index contributed by atoms with van der Waals surface area (Å²) in [5, 5.41) is 5.48. The SMILES string of the molecule is Cc1cccc(NC(=O)CSC(C)C(=O)Nc2cccc(C)c2C)c1. The molecule has 0 aliphatic rings. The Labute approximate surface area is 153 Å². The molecule has 0 saturated heterocycles. The van der Waals surface area contributed by atoms with E-state index in [0.29, 0.717) is 0 Å². The summed E-state index contributed by atoms with van der Waals surface area (Å²) < 4.78 is 0. The second kappa shape index (κ2) is 8.72. The monoisotopic (exact) mass is 356 g/mol. The van der Waals surface area contributed by atoms with Gasteiger partial charge in [-0.1, -0.05) is 24.3 Å². The molecule has 0 aliphatic heterocycles. The van der Waals surface area contributed by atoms with Crippen molar-refractivity contribution in [3.05, 3.63) is 59.2 Å². The number of thioether (sulfide) groups is 1. The Morgan fingerprint density at radius 1 is 1.04 bits per heavy atom. The lowest BCUT2D eigenvalue weighted by molar-refractivity contribution is -0.115. The Morgan fingerprint density at radius 3 is 2.48 bits per heavy atom. The minimum absolute atomic E-state index is 0.0953. The van der Waals surface area contributed by atoms with Crippen LogP contribution >= 0.6 is 11.8 Å². The van der Waals surface area contributed by atoms with Crippen LogP contribution in [0.2, 0.25) is 0 Å². The van der Waals surface area contributed by atoms with Crippen LogP contribution in [0.5, 0.6) is 0 Å². The van der Waals surface area contributed by atoms with Gasteiger partial charge in [0.25, 0.3) is 0 Å². The number of nitrogens with one attached hydrogen (secondary N) is 2. The summed E-state index contributed by atoms with van der Waals surface area (Å²) in [5.41, 5.74) is 4.88. The third kappa shape index (κ3) is 5.64. The minimum Gasteiger partial charge on any atom is -0.325 e. The minimum atomic E-state index is -0.317. The first-order valence-electron chi connectivity index (χ1n) is 8.22. The predicted molar refractivity (Wildman–Crippen MR) is 106 cm³/mol. The standard InChI is InChI=1S/C20H24N2O2S/c1-13-7-5-9-17(11-13)21-19(23)12-25-16(4)20(24)22-18-10-6-8-14(2)15(18)3/h5-11,16H,12H2,1-4H3,(H,21,23)(H,22,24). The van der Waals surface area contributed by atoms with E-state index in [2.05, 4.69) is 10.6 Å². The van der Waals surface area contributed by atoms with Gasteiger partial charge in [-0.25, -0.2) is 0 Å². The van der Waals surface area contributed by atoms with Crippen LogP contribution < -0.4 is 10.6 Å². The van der Waals surface area contributed by atoms with Crippen molar-refractivity contribution in [2.75, 3.05) is 16.4 Å². The number of rotatable bonds is 6. The molecule has 0 fully saturated rings. The van der Waals surface area contributed by atoms with Gasteiger partial charge in [-0.2, -0.15) is 0 Å². The normalized spacial score (nSPS) is 11.7. The molecule has 0 aliphatic carbocycles. The molecule has 25 heavy (non-hydrogen) atoms. The maximum absolute atomic E-state index is 12.3. The zero-order valence-corrected chi connectivity index (χ0v) is 15.9. The van der Waals surface area contributed by atoms with E-state index >= 15 is 0 Å². The number of amides is 2. The summed E-state index contributed by atoms with van der Waals surface area (Å²) >= 11 is 1.32. The molecular formula is C20H24N2O2S. The summed E-state index contributed by atoms with van der Waals surface area (Å²) in [6, 6.07) is 13.5. The fraction of sp³-hybridized carbons (Fsp3) is 0.300. The molecule has 4 nitrogen and oxygen atoms in total. The van der Waals surface area contributed by atoms with Gasteiger partial charge >= 0.3 is 0 Å². The van der Waals surface area contributed by atoms with Crippen LogP contribution in [-0.2, 0) is 9.59 Å². The van der Waals surface area contributed by atoms with Gasteiger partial charge in [0, 0.05) is 11.4 Å². The Bertz CT molecular complexity index is 774. The molecule has 0 heterocycles. The van der Waals surface area contributed by atoms with E-state index in [0.717, 1.165) is 28.1 Å². The molecule has 132 valence electrons. The molecule has 2 amide bonds. The van der Waals surface area contributed by atoms with E-state index in [1.54, 1.807) is 0 Å². The maximum atomic E-state index is 12.3. The largest absolute Gasteiger partial charge is 0.325 e. The van der Waals surface area contributed by atoms with E-state index in [-0.39, 0.29) is 22.8 Å². The molecule has 0 bridgehead atoms. The Kier molecular flexibility index (Phi) is 6.65. The lowest BCUT2D eigenvalue weighted by atomic mass is 10.1. The maximum Gasteiger partial charge on any atom is 0.237 e. The Morgan fingerprint density at radius 2 is 1.76 bits per heavy atom. The van der Waals surface area contributed by atoms with Crippen LogP contribution in [0.4, 0.5) is 11.4 Å². The molecule has 0 saturated carbocycles. The van der Waals surface area contributed by atoms with Crippen LogP contribution in [0.15, 0.2) is 42.5 Å². The van der Waals surface area contributed by atoms with Gasteiger partial charge in [0.1, 0.15) is 0 Å². The molecule has 0 radical (unpaired) electrons. The number of anilines is 2. The Hall–Kier alpha value is -2.27. The van der Waals surface area contributed by atoms with Gasteiger partial charge in [-0.15, -0.1) is 11.8 Å². The van der Waals surface area contributed by atoms with Crippen LogP contribution in [0.25, 0.3) is 0 Å². The van der Waals surface area contributed by atoms with Crippen molar-refractivity contribution in [3.63, 3.8) is 0 Å². The molecule has 0 aromatic heterocycles. The topological polar surface area (TPSA) is 58.2 Å². The summed E-state index contributed by atoms with van der Waals surface area (Å²) in [4.78, 5) is 24.4. The number of carbonyl (C=O) groups is 2. The molecule has 1 unspecified atom stereocenters. The highest BCUT2D eigenvalue weighted by Crippen LogP contribution is 2.20. The van der Waals surface area contributed by atoms with Crippen LogP contribution in [-0.4, -0.2) is 22.8 Å². The average molecular weight is 356 g/mol. The van der Waals surface area contributed by atoms with E-state index in [9.17, 15) is 9.59 Å². The average Bonchev–Trinajstić information content (AvgIpc) is 2.56. The first-order valence-corrected chi connectivity index (χ1v) is 9.27. The molecule has 1 atom stereocenters. The van der Waals surface area contributed by atoms with Gasteiger partial charge in [0.05, 0.1) is 11.0 Å². The van der Waals surface area contributed by atoms with Crippen molar-refractivity contribution in [1.82, 2.24) is 0 Å². The molecule has 0 spiro atoms. The molecule has 2 aromatic carbocycles. The van der Waals surface area contributed by atoms with Crippen molar-refractivity contribution < 1.29 is 9.59 Å². The highest BCUT2D eigenvalue weighted by molar-refractivity contribution is 8.01. The second-order valence-electron chi connectivity index (χ2n) is 6.11. The summed E-state index contributed by atoms with van der Waals surface area (Å²) in [6.45, 7) is 7.78. The van der Waals surface area contributed by atoms with Gasteiger partial charge in [0.15, 0.2) is 0 Å². The number of hydrogen-bond acceptors (Lipinski definition) is 3. The Balaban J connectivity index is 1.84. The van der Waals surface area contributed by atoms with Gasteiger partial charge in [-0.05, 0) is 62.6 Å². The zero-order chi connectivity index (χ0) is 18.4. The fourth-order valence-corrected chi connectivity index (χ4v) is 3.00. The number of hydrogen-bond donors (Lipinski definition) is 2. The first kappa shape index (κ1) is 19.1. The second-order valence-corrected chi connectivity index (χ2v) is 7.44. The molecule has 5 heteroatoms. The molecular weight excluding hydrogens is 332 g/mol. The molecule has 2 aromatic rings. The lowest BCUT2D eigenvalue weighted by Crippen LogP contribution is -2.25. The quantitative estimate of drug-likeness (QED) is 0.811. The van der Waals surface area contributed by atoms with E-state index in [1.165, 1.54) is 11.8 Å². The van der Waals surface area contributed by atoms with E-state index < -0.39 is 0 Å². The highest BCUT2D eigenvalue weighted by Gasteiger charge is 2.16. The van der Waals surface area contributed by atoms with Crippen LogP contribution in [0, 0.1) is 20.8 Å². The lowest BCUT2D eigenvalue weighted by Gasteiger charge is -2.14. The zero-order valence-electron chi connectivity index (χ0n) is 15.1. The van der Waals surface area contributed by atoms with Crippen molar-refractivity contribution in [1.29, 1.82) is 0 Å². The number of aryl methyl sites for hydroxylation is 2.